The Bertz CT molecular complexity index is 1470. The van der Waals surface area contributed by atoms with Gasteiger partial charge < -0.3 is 4.42 Å². The lowest BCUT2D eigenvalue weighted by Gasteiger charge is -2.33. The van der Waals surface area contributed by atoms with E-state index >= 15 is 0 Å². The van der Waals surface area contributed by atoms with Crippen LogP contribution in [0, 0.1) is 11.3 Å². The number of aryl methyl sites for hydroxylation is 1. The van der Waals surface area contributed by atoms with E-state index in [0.717, 1.165) is 52.3 Å². The number of furan rings is 1. The highest BCUT2D eigenvalue weighted by atomic mass is 32.2. The fraction of sp³-hybridized carbons (Fsp3) is 0.379. The number of hydrogen-bond donors (Lipinski definition) is 1. The lowest BCUT2D eigenvalue weighted by atomic mass is 9.71. The average Bonchev–Trinajstić information content (AvgIpc) is 3.16. The quantitative estimate of drug-likeness (QED) is 0.329. The Balaban J connectivity index is 1.62. The second kappa shape index (κ2) is 8.16. The second-order valence-corrected chi connectivity index (χ2v) is 12.7. The van der Waals surface area contributed by atoms with E-state index in [-0.39, 0.29) is 10.3 Å². The fourth-order valence-corrected chi connectivity index (χ4v) is 6.23. The largest absolute Gasteiger partial charge is 0.460 e. The molecule has 1 atom stereocenters. The van der Waals surface area contributed by atoms with Gasteiger partial charge in [0.2, 0.25) is 0 Å². The van der Waals surface area contributed by atoms with E-state index in [0.29, 0.717) is 17.5 Å². The minimum Gasteiger partial charge on any atom is -0.460 e. The summed E-state index contributed by atoms with van der Waals surface area (Å²) in [6.45, 7) is 11.1. The van der Waals surface area contributed by atoms with Gasteiger partial charge in [0.15, 0.2) is 0 Å². The molecular formula is C29H33NO3S. The van der Waals surface area contributed by atoms with E-state index in [1.165, 1.54) is 5.56 Å². The van der Waals surface area contributed by atoms with Gasteiger partial charge in [0.05, 0.1) is 10.6 Å². The fourth-order valence-electron chi connectivity index (χ4n) is 5.16. The summed E-state index contributed by atoms with van der Waals surface area (Å²) in [7, 11) is -3.73. The maximum Gasteiger partial charge on any atom is 0.261 e. The van der Waals surface area contributed by atoms with Crippen molar-refractivity contribution in [3.05, 3.63) is 71.5 Å². The zero-order valence-electron chi connectivity index (χ0n) is 20.6. The molecule has 4 nitrogen and oxygen atoms in total. The first kappa shape index (κ1) is 23.0. The minimum absolute atomic E-state index is 0.213. The summed E-state index contributed by atoms with van der Waals surface area (Å²) in [6.07, 6.45) is 2.98. The average molecular weight is 476 g/mol. The van der Waals surface area contributed by atoms with E-state index in [9.17, 15) is 8.42 Å². The molecule has 1 aliphatic rings. The lowest BCUT2D eigenvalue weighted by Crippen LogP contribution is -2.26. The molecule has 0 unspecified atom stereocenters. The van der Waals surface area contributed by atoms with Gasteiger partial charge in [-0.25, -0.2) is 8.42 Å². The first-order chi connectivity index (χ1) is 16.0. The van der Waals surface area contributed by atoms with Crippen LogP contribution < -0.4 is 4.72 Å². The first-order valence-electron chi connectivity index (χ1n) is 12.1. The Labute approximate surface area is 202 Å². The highest BCUT2D eigenvalue weighted by molar-refractivity contribution is 7.92. The maximum atomic E-state index is 13.3. The summed E-state index contributed by atoms with van der Waals surface area (Å²) >= 11 is 0. The number of fused-ring (bicyclic) bond motifs is 5. The van der Waals surface area contributed by atoms with Crippen molar-refractivity contribution in [2.24, 2.45) is 11.3 Å². The van der Waals surface area contributed by atoms with E-state index in [1.807, 2.05) is 42.5 Å². The van der Waals surface area contributed by atoms with Crippen molar-refractivity contribution in [3.63, 3.8) is 0 Å². The molecule has 0 bridgehead atoms. The molecule has 0 spiro atoms. The highest BCUT2D eigenvalue weighted by Gasteiger charge is 2.32. The molecule has 0 fully saturated rings. The number of hydrogen-bond acceptors (Lipinski definition) is 3. The molecule has 0 radical (unpaired) electrons. The van der Waals surface area contributed by atoms with Gasteiger partial charge in [0.1, 0.15) is 11.3 Å². The molecule has 5 rings (SSSR count). The van der Waals surface area contributed by atoms with Gasteiger partial charge in [-0.3, -0.25) is 4.72 Å². The molecule has 34 heavy (non-hydrogen) atoms. The summed E-state index contributed by atoms with van der Waals surface area (Å²) in [5.41, 5.74) is 4.01. The second-order valence-electron chi connectivity index (χ2n) is 11.0. The van der Waals surface area contributed by atoms with E-state index in [1.54, 1.807) is 12.1 Å². The third-order valence-corrected chi connectivity index (χ3v) is 8.76. The molecule has 1 aliphatic carbocycles. The summed E-state index contributed by atoms with van der Waals surface area (Å²) in [6, 6.07) is 17.0. The first-order valence-corrected chi connectivity index (χ1v) is 13.6. The molecule has 178 valence electrons. The number of benzene rings is 3. The van der Waals surface area contributed by atoms with Crippen LogP contribution in [0.4, 0.5) is 5.69 Å². The number of sulfonamides is 1. The van der Waals surface area contributed by atoms with Crippen molar-refractivity contribution in [2.45, 2.75) is 64.7 Å². The zero-order chi connectivity index (χ0) is 24.3. The summed E-state index contributed by atoms with van der Waals surface area (Å²) < 4.78 is 36.0. The Morgan fingerprint density at radius 1 is 0.971 bits per heavy atom. The normalized spacial score (nSPS) is 16.8. The van der Waals surface area contributed by atoms with Gasteiger partial charge in [-0.1, -0.05) is 71.0 Å². The van der Waals surface area contributed by atoms with Crippen LogP contribution in [0.5, 0.6) is 0 Å². The SMILES string of the molecule is CC(C)c1ccc(S(=O)(=O)Nc2cc3c4c(oc3c3ccccc23)CC[C@H](C(C)(C)C)C4)cc1. The number of rotatable bonds is 4. The van der Waals surface area contributed by atoms with Crippen LogP contribution in [0.15, 0.2) is 63.9 Å². The molecule has 5 heteroatoms. The van der Waals surface area contributed by atoms with Crippen molar-refractivity contribution >= 4 is 37.5 Å². The third kappa shape index (κ3) is 4.00. The van der Waals surface area contributed by atoms with Gasteiger partial charge in [-0.2, -0.15) is 0 Å². The zero-order valence-corrected chi connectivity index (χ0v) is 21.4. The summed E-state index contributed by atoms with van der Waals surface area (Å²) in [4.78, 5) is 0.267. The molecule has 1 N–H and O–H groups in total. The van der Waals surface area contributed by atoms with Crippen LogP contribution in [-0.4, -0.2) is 8.42 Å². The molecule has 3 aromatic carbocycles. The van der Waals surface area contributed by atoms with Crippen molar-refractivity contribution < 1.29 is 12.8 Å². The van der Waals surface area contributed by atoms with Gasteiger partial charge >= 0.3 is 0 Å². The Hall–Kier alpha value is -2.79. The van der Waals surface area contributed by atoms with E-state index < -0.39 is 10.0 Å². The van der Waals surface area contributed by atoms with Crippen LogP contribution in [0.3, 0.4) is 0 Å². The summed E-state index contributed by atoms with van der Waals surface area (Å²) in [5, 5.41) is 2.81. The molecule has 4 aromatic rings. The van der Waals surface area contributed by atoms with Gasteiger partial charge in [0.25, 0.3) is 10.0 Å². The van der Waals surface area contributed by atoms with E-state index in [2.05, 4.69) is 39.3 Å². The van der Waals surface area contributed by atoms with Crippen LogP contribution >= 0.6 is 0 Å². The van der Waals surface area contributed by atoms with Crippen LogP contribution in [0.1, 0.15) is 63.8 Å². The number of nitrogens with one attached hydrogen (secondary N) is 1. The third-order valence-electron chi connectivity index (χ3n) is 7.38. The Kier molecular flexibility index (Phi) is 5.51. The molecule has 0 amide bonds. The molecule has 1 heterocycles. The monoisotopic (exact) mass is 475 g/mol. The van der Waals surface area contributed by atoms with Gasteiger partial charge in [-0.15, -0.1) is 0 Å². The molecule has 0 aliphatic heterocycles. The van der Waals surface area contributed by atoms with Crippen LogP contribution in [0.2, 0.25) is 0 Å². The predicted molar refractivity (Wildman–Crippen MR) is 140 cm³/mol. The minimum atomic E-state index is -3.73. The van der Waals surface area contributed by atoms with Crippen molar-refractivity contribution in [1.82, 2.24) is 0 Å². The Morgan fingerprint density at radius 3 is 2.29 bits per heavy atom. The topological polar surface area (TPSA) is 59.3 Å². The standard InChI is InChI=1S/C29H33NO3S/c1-18(2)19-10-13-21(14-11-19)34(31,32)30-26-17-25-24-16-20(29(3,4)5)12-15-27(24)33-28(25)23-9-7-6-8-22(23)26/h6-11,13-14,17-18,20,30H,12,15-16H2,1-5H3/t20-/m0/s1. The molecule has 1 aromatic heterocycles. The number of anilines is 1. The molecular weight excluding hydrogens is 442 g/mol. The Morgan fingerprint density at radius 2 is 1.65 bits per heavy atom. The van der Waals surface area contributed by atoms with Crippen LogP contribution in [-0.2, 0) is 22.9 Å². The predicted octanol–water partition coefficient (Wildman–Crippen LogP) is 7.66. The van der Waals surface area contributed by atoms with Crippen LogP contribution in [0.25, 0.3) is 21.7 Å². The highest BCUT2D eigenvalue weighted by Crippen LogP contribution is 2.44. The smallest absolute Gasteiger partial charge is 0.261 e. The molecule has 0 saturated heterocycles. The van der Waals surface area contributed by atoms with Crippen molar-refractivity contribution in [1.29, 1.82) is 0 Å². The maximum absolute atomic E-state index is 13.3. The van der Waals surface area contributed by atoms with Crippen molar-refractivity contribution in [2.75, 3.05) is 4.72 Å². The summed E-state index contributed by atoms with van der Waals surface area (Å²) in [5.74, 6) is 1.96. The van der Waals surface area contributed by atoms with Gasteiger partial charge in [-0.05, 0) is 53.9 Å². The van der Waals surface area contributed by atoms with Gasteiger partial charge in [0, 0.05) is 28.1 Å². The lowest BCUT2D eigenvalue weighted by molar-refractivity contribution is 0.210. The molecule has 0 saturated carbocycles. The van der Waals surface area contributed by atoms with E-state index in [4.69, 9.17) is 4.42 Å². The van der Waals surface area contributed by atoms with Crippen molar-refractivity contribution in [3.8, 4) is 0 Å².